The minimum absolute atomic E-state index is 0.103. The van der Waals surface area contributed by atoms with E-state index in [1.165, 1.54) is 6.07 Å². The van der Waals surface area contributed by atoms with E-state index in [4.69, 9.17) is 16.3 Å². The van der Waals surface area contributed by atoms with Crippen LogP contribution in [0.25, 0.3) is 10.9 Å². The Morgan fingerprint density at radius 3 is 2.81 bits per heavy atom. The summed E-state index contributed by atoms with van der Waals surface area (Å²) in [6, 6.07) is 8.14. The molecule has 114 valence electrons. The number of hydrogen-bond donors (Lipinski definition) is 1. The van der Waals surface area contributed by atoms with Crippen molar-refractivity contribution in [3.05, 3.63) is 35.5 Å². The molecule has 0 saturated heterocycles. The fraction of sp³-hybridized carbons (Fsp3) is 0.357. The van der Waals surface area contributed by atoms with Crippen LogP contribution in [-0.2, 0) is 14.8 Å². The van der Waals surface area contributed by atoms with E-state index in [0.717, 1.165) is 5.39 Å². The van der Waals surface area contributed by atoms with Gasteiger partial charge in [0.1, 0.15) is 5.15 Å². The zero-order valence-electron chi connectivity index (χ0n) is 11.8. The van der Waals surface area contributed by atoms with Gasteiger partial charge in [-0.2, -0.15) is 0 Å². The van der Waals surface area contributed by atoms with E-state index in [1.807, 2.05) is 6.92 Å². The van der Waals surface area contributed by atoms with Gasteiger partial charge in [-0.15, -0.1) is 0 Å². The van der Waals surface area contributed by atoms with Crippen molar-refractivity contribution in [3.8, 4) is 0 Å². The highest BCUT2D eigenvalue weighted by Crippen LogP contribution is 2.19. The van der Waals surface area contributed by atoms with Gasteiger partial charge in [-0.1, -0.05) is 18.5 Å². The highest BCUT2D eigenvalue weighted by molar-refractivity contribution is 7.89. The lowest BCUT2D eigenvalue weighted by atomic mass is 10.2. The molecule has 1 N–H and O–H groups in total. The maximum Gasteiger partial charge on any atom is 0.240 e. The smallest absolute Gasteiger partial charge is 0.240 e. The molecule has 2 aromatic rings. The molecule has 0 aliphatic carbocycles. The molecule has 0 aliphatic rings. The Bertz CT molecular complexity index is 734. The van der Waals surface area contributed by atoms with E-state index in [-0.39, 0.29) is 10.8 Å². The van der Waals surface area contributed by atoms with Gasteiger partial charge in [0.15, 0.2) is 0 Å². The molecule has 5 nitrogen and oxygen atoms in total. The molecule has 0 aliphatic heterocycles. The lowest BCUT2D eigenvalue weighted by Crippen LogP contribution is -2.30. The molecule has 0 fully saturated rings. The number of rotatable bonds is 6. The molecule has 0 saturated carbocycles. The summed E-state index contributed by atoms with van der Waals surface area (Å²) >= 11 is 5.81. The second kappa shape index (κ2) is 6.70. The molecule has 1 aromatic carbocycles. The van der Waals surface area contributed by atoms with Gasteiger partial charge in [-0.25, -0.2) is 18.1 Å². The standard InChI is InChI=1S/C14H17ClN2O3S/c1-10(9-20-2)8-16-21(18,19)12-4-5-13-11(7-12)3-6-14(15)17-13/h3-7,10,16H,8-9H2,1-2H3. The van der Waals surface area contributed by atoms with Crippen LogP contribution >= 0.6 is 11.6 Å². The average Bonchev–Trinajstić information content (AvgIpc) is 2.45. The summed E-state index contributed by atoms with van der Waals surface area (Å²) < 4.78 is 32.1. The van der Waals surface area contributed by atoms with E-state index in [0.29, 0.717) is 23.8 Å². The Labute approximate surface area is 129 Å². The van der Waals surface area contributed by atoms with E-state index in [2.05, 4.69) is 9.71 Å². The molecule has 2 rings (SSSR count). The second-order valence-electron chi connectivity index (χ2n) is 4.90. The molecular formula is C14H17ClN2O3S. The van der Waals surface area contributed by atoms with E-state index < -0.39 is 10.0 Å². The third-order valence-corrected chi connectivity index (χ3v) is 4.64. The molecule has 0 bridgehead atoms. The zero-order chi connectivity index (χ0) is 15.5. The number of pyridine rings is 1. The maximum atomic E-state index is 12.3. The van der Waals surface area contributed by atoms with E-state index in [1.54, 1.807) is 31.4 Å². The number of fused-ring (bicyclic) bond motifs is 1. The zero-order valence-corrected chi connectivity index (χ0v) is 13.4. The molecule has 1 unspecified atom stereocenters. The highest BCUT2D eigenvalue weighted by Gasteiger charge is 2.15. The summed E-state index contributed by atoms with van der Waals surface area (Å²) in [6.45, 7) is 2.74. The minimum atomic E-state index is -3.54. The largest absolute Gasteiger partial charge is 0.384 e. The first-order chi connectivity index (χ1) is 9.92. The molecule has 0 spiro atoms. The predicted molar refractivity (Wildman–Crippen MR) is 83.0 cm³/mol. The Morgan fingerprint density at radius 1 is 1.33 bits per heavy atom. The summed E-state index contributed by atoms with van der Waals surface area (Å²) in [4.78, 5) is 4.34. The van der Waals surface area contributed by atoms with Crippen molar-refractivity contribution in [3.63, 3.8) is 0 Å². The van der Waals surface area contributed by atoms with Crippen LogP contribution in [0.2, 0.25) is 5.15 Å². The highest BCUT2D eigenvalue weighted by atomic mass is 35.5. The van der Waals surface area contributed by atoms with Gasteiger partial charge in [0.05, 0.1) is 10.4 Å². The van der Waals surface area contributed by atoms with Crippen LogP contribution in [0.4, 0.5) is 0 Å². The molecule has 0 amide bonds. The lowest BCUT2D eigenvalue weighted by molar-refractivity contribution is 0.161. The minimum Gasteiger partial charge on any atom is -0.384 e. The van der Waals surface area contributed by atoms with Crippen molar-refractivity contribution >= 4 is 32.5 Å². The van der Waals surface area contributed by atoms with Crippen LogP contribution in [0.1, 0.15) is 6.92 Å². The first kappa shape index (κ1) is 16.2. The van der Waals surface area contributed by atoms with E-state index >= 15 is 0 Å². The maximum absolute atomic E-state index is 12.3. The molecular weight excluding hydrogens is 312 g/mol. The Morgan fingerprint density at radius 2 is 2.10 bits per heavy atom. The lowest BCUT2D eigenvalue weighted by Gasteiger charge is -2.12. The number of nitrogens with one attached hydrogen (secondary N) is 1. The third kappa shape index (κ3) is 4.14. The van der Waals surface area contributed by atoms with Crippen molar-refractivity contribution in [2.24, 2.45) is 5.92 Å². The SMILES string of the molecule is COCC(C)CNS(=O)(=O)c1ccc2nc(Cl)ccc2c1. The monoisotopic (exact) mass is 328 g/mol. The third-order valence-electron chi connectivity index (χ3n) is 3.01. The van der Waals surface area contributed by atoms with Crippen molar-refractivity contribution < 1.29 is 13.2 Å². The quantitative estimate of drug-likeness (QED) is 0.827. The van der Waals surface area contributed by atoms with Crippen LogP contribution in [0.3, 0.4) is 0 Å². The first-order valence-corrected chi connectivity index (χ1v) is 8.33. The molecule has 1 heterocycles. The molecule has 21 heavy (non-hydrogen) atoms. The van der Waals surface area contributed by atoms with Crippen LogP contribution in [0.5, 0.6) is 0 Å². The number of sulfonamides is 1. The summed E-state index contributed by atoms with van der Waals surface area (Å²) in [5.41, 5.74) is 0.661. The van der Waals surface area contributed by atoms with E-state index in [9.17, 15) is 8.42 Å². The number of benzene rings is 1. The number of ether oxygens (including phenoxy) is 1. The first-order valence-electron chi connectivity index (χ1n) is 6.47. The fourth-order valence-electron chi connectivity index (χ4n) is 1.92. The Balaban J connectivity index is 2.22. The topological polar surface area (TPSA) is 68.3 Å². The van der Waals surface area contributed by atoms with Gasteiger partial charge >= 0.3 is 0 Å². The van der Waals surface area contributed by atoms with Gasteiger partial charge in [-0.3, -0.25) is 0 Å². The van der Waals surface area contributed by atoms with Gasteiger partial charge in [-0.05, 0) is 36.2 Å². The number of halogens is 1. The molecule has 7 heteroatoms. The number of nitrogens with zero attached hydrogens (tertiary/aromatic N) is 1. The summed E-state index contributed by atoms with van der Waals surface area (Å²) in [5, 5.41) is 1.11. The summed E-state index contributed by atoms with van der Waals surface area (Å²) in [6.07, 6.45) is 0. The Hall–Kier alpha value is -1.21. The number of methoxy groups -OCH3 is 1. The summed E-state index contributed by atoms with van der Waals surface area (Å²) in [7, 11) is -1.95. The fourth-order valence-corrected chi connectivity index (χ4v) is 3.28. The van der Waals surface area contributed by atoms with Gasteiger partial charge < -0.3 is 4.74 Å². The van der Waals surface area contributed by atoms with Crippen molar-refractivity contribution in [1.82, 2.24) is 9.71 Å². The molecule has 1 aromatic heterocycles. The van der Waals surface area contributed by atoms with Crippen LogP contribution < -0.4 is 4.72 Å². The van der Waals surface area contributed by atoms with Crippen molar-refractivity contribution in [1.29, 1.82) is 0 Å². The van der Waals surface area contributed by atoms with Gasteiger partial charge in [0.2, 0.25) is 10.0 Å². The molecule has 0 radical (unpaired) electrons. The Kier molecular flexibility index (Phi) is 5.16. The van der Waals surface area contributed by atoms with Crippen LogP contribution in [0, 0.1) is 5.92 Å². The van der Waals surface area contributed by atoms with Crippen molar-refractivity contribution in [2.45, 2.75) is 11.8 Å². The van der Waals surface area contributed by atoms with Crippen molar-refractivity contribution in [2.75, 3.05) is 20.3 Å². The second-order valence-corrected chi connectivity index (χ2v) is 7.06. The van der Waals surface area contributed by atoms with Gasteiger partial charge in [0.25, 0.3) is 0 Å². The normalized spacial score (nSPS) is 13.5. The summed E-state index contributed by atoms with van der Waals surface area (Å²) in [5.74, 6) is 0.103. The average molecular weight is 329 g/mol. The number of hydrogen-bond acceptors (Lipinski definition) is 4. The van der Waals surface area contributed by atoms with Crippen LogP contribution in [-0.4, -0.2) is 33.7 Å². The number of aromatic nitrogens is 1. The molecule has 1 atom stereocenters. The van der Waals surface area contributed by atoms with Crippen LogP contribution in [0.15, 0.2) is 35.2 Å². The van der Waals surface area contributed by atoms with Gasteiger partial charge in [0, 0.05) is 25.6 Å². The predicted octanol–water partition coefficient (Wildman–Crippen LogP) is 2.45.